The summed E-state index contributed by atoms with van der Waals surface area (Å²) in [5, 5.41) is 0. The monoisotopic (exact) mass is 303 g/mol. The highest BCUT2D eigenvalue weighted by molar-refractivity contribution is 9.10. The van der Waals surface area contributed by atoms with Crippen LogP contribution < -0.4 is 0 Å². The predicted octanol–water partition coefficient (Wildman–Crippen LogP) is 1.84. The van der Waals surface area contributed by atoms with Gasteiger partial charge in [0.1, 0.15) is 0 Å². The molecule has 2 heterocycles. The molecule has 16 heavy (non-hydrogen) atoms. The van der Waals surface area contributed by atoms with E-state index >= 15 is 0 Å². The first-order chi connectivity index (χ1) is 7.59. The van der Waals surface area contributed by atoms with Gasteiger partial charge >= 0.3 is 10.3 Å². The van der Waals surface area contributed by atoms with Crippen molar-refractivity contribution >= 4 is 26.2 Å². The summed E-state index contributed by atoms with van der Waals surface area (Å²) >= 11 is 3.36. The lowest BCUT2D eigenvalue weighted by Crippen LogP contribution is -2.23. The number of rotatable bonds is 1. The van der Waals surface area contributed by atoms with Crippen LogP contribution in [0.4, 0.5) is 0 Å². The summed E-state index contributed by atoms with van der Waals surface area (Å²) in [6.07, 6.45) is 0.778. The molecule has 2 aliphatic rings. The van der Waals surface area contributed by atoms with Gasteiger partial charge < -0.3 is 0 Å². The van der Waals surface area contributed by atoms with Crippen LogP contribution in [-0.2, 0) is 14.5 Å². The standard InChI is InChI=1S/C10H10BrNO3S/c11-8-3-1-7(2-4-8)10-9-5-6-15-16(13,14)12(9)10/h1-4,9-10H,5-6H2/t9-,10-,12?/m1/s1. The van der Waals surface area contributed by atoms with Crippen LogP contribution in [-0.4, -0.2) is 25.4 Å². The van der Waals surface area contributed by atoms with Crippen LogP contribution in [0, 0.1) is 0 Å². The van der Waals surface area contributed by atoms with Crippen molar-refractivity contribution in [3.63, 3.8) is 0 Å². The summed E-state index contributed by atoms with van der Waals surface area (Å²) < 4.78 is 30.4. The Kier molecular flexibility index (Phi) is 2.36. The van der Waals surface area contributed by atoms with Crippen LogP contribution in [0.15, 0.2) is 28.7 Å². The fraction of sp³-hybridized carbons (Fsp3) is 0.400. The van der Waals surface area contributed by atoms with Crippen LogP contribution >= 0.6 is 15.9 Å². The zero-order chi connectivity index (χ0) is 11.3. The molecule has 0 amide bonds. The number of fused-ring (bicyclic) bond motifs is 1. The van der Waals surface area contributed by atoms with Crippen molar-refractivity contribution in [1.82, 2.24) is 4.31 Å². The fourth-order valence-corrected chi connectivity index (χ4v) is 3.94. The summed E-state index contributed by atoms with van der Waals surface area (Å²) in [4.78, 5) is 0. The lowest BCUT2D eigenvalue weighted by Gasteiger charge is -2.10. The normalized spacial score (nSPS) is 35.4. The zero-order valence-corrected chi connectivity index (χ0v) is 10.7. The van der Waals surface area contributed by atoms with E-state index in [4.69, 9.17) is 4.18 Å². The Morgan fingerprint density at radius 1 is 1.31 bits per heavy atom. The van der Waals surface area contributed by atoms with Gasteiger partial charge in [0.2, 0.25) is 0 Å². The maximum absolute atomic E-state index is 11.6. The Morgan fingerprint density at radius 2 is 2.00 bits per heavy atom. The Balaban J connectivity index is 1.91. The van der Waals surface area contributed by atoms with Crippen molar-refractivity contribution in [3.05, 3.63) is 34.3 Å². The van der Waals surface area contributed by atoms with E-state index in [2.05, 4.69) is 15.9 Å². The van der Waals surface area contributed by atoms with Gasteiger partial charge in [0, 0.05) is 4.47 Å². The van der Waals surface area contributed by atoms with Gasteiger partial charge in [-0.2, -0.15) is 12.7 Å². The van der Waals surface area contributed by atoms with Crippen molar-refractivity contribution in [2.24, 2.45) is 0 Å². The fourth-order valence-electron chi connectivity index (χ4n) is 2.21. The average Bonchev–Trinajstić information content (AvgIpc) is 2.94. The first-order valence-electron chi connectivity index (χ1n) is 5.03. The number of halogens is 1. The van der Waals surface area contributed by atoms with Crippen LogP contribution in [0.5, 0.6) is 0 Å². The highest BCUT2D eigenvalue weighted by atomic mass is 79.9. The van der Waals surface area contributed by atoms with Crippen molar-refractivity contribution < 1.29 is 12.6 Å². The molecule has 6 heteroatoms. The van der Waals surface area contributed by atoms with E-state index in [0.717, 1.165) is 16.5 Å². The molecule has 4 nitrogen and oxygen atoms in total. The van der Waals surface area contributed by atoms with Gasteiger partial charge in [-0.3, -0.25) is 4.18 Å². The third-order valence-corrected chi connectivity index (χ3v) is 5.00. The molecular formula is C10H10BrNO3S. The molecular weight excluding hydrogens is 294 g/mol. The predicted molar refractivity (Wildman–Crippen MR) is 62.0 cm³/mol. The lowest BCUT2D eigenvalue weighted by atomic mass is 10.1. The van der Waals surface area contributed by atoms with Gasteiger partial charge in [-0.25, -0.2) is 0 Å². The quantitative estimate of drug-likeness (QED) is 0.744. The smallest absolute Gasteiger partial charge is 0.258 e. The van der Waals surface area contributed by atoms with Crippen molar-refractivity contribution in [1.29, 1.82) is 0 Å². The molecule has 2 aliphatic heterocycles. The van der Waals surface area contributed by atoms with Gasteiger partial charge in [0.25, 0.3) is 0 Å². The second-order valence-electron chi connectivity index (χ2n) is 3.96. The van der Waals surface area contributed by atoms with Crippen LogP contribution in [0.3, 0.4) is 0 Å². The molecule has 3 rings (SSSR count). The summed E-state index contributed by atoms with van der Waals surface area (Å²) in [5.41, 5.74) is 1.03. The summed E-state index contributed by atoms with van der Waals surface area (Å²) in [6, 6.07) is 7.81. The first kappa shape index (κ1) is 10.7. The highest BCUT2D eigenvalue weighted by Gasteiger charge is 2.58. The van der Waals surface area contributed by atoms with Crippen molar-refractivity contribution in [2.75, 3.05) is 6.61 Å². The summed E-state index contributed by atoms with van der Waals surface area (Å²) in [5.74, 6) is 0. The first-order valence-corrected chi connectivity index (χ1v) is 7.19. The third kappa shape index (κ3) is 1.60. The number of nitrogens with zero attached hydrogens (tertiary/aromatic N) is 1. The SMILES string of the molecule is O=S1(=O)OCC[C@@H]2[C@@H](c3ccc(Br)cc3)N21. The molecule has 1 aromatic rings. The molecule has 0 N–H and O–H groups in total. The molecule has 0 spiro atoms. The average molecular weight is 304 g/mol. The molecule has 3 atom stereocenters. The molecule has 1 unspecified atom stereocenters. The van der Waals surface area contributed by atoms with Gasteiger partial charge in [0.05, 0.1) is 18.7 Å². The second-order valence-corrected chi connectivity index (χ2v) is 6.39. The van der Waals surface area contributed by atoms with Crippen LogP contribution in [0.2, 0.25) is 0 Å². The summed E-state index contributed by atoms with van der Waals surface area (Å²) in [7, 11) is -3.47. The molecule has 1 aromatic carbocycles. The van der Waals surface area contributed by atoms with Gasteiger partial charge in [-0.05, 0) is 24.1 Å². The molecule has 2 saturated heterocycles. The molecule has 0 bridgehead atoms. The minimum atomic E-state index is -3.47. The molecule has 0 aromatic heterocycles. The maximum atomic E-state index is 11.6. The van der Waals surface area contributed by atoms with E-state index in [-0.39, 0.29) is 12.1 Å². The van der Waals surface area contributed by atoms with Gasteiger partial charge in [-0.15, -0.1) is 0 Å². The largest absolute Gasteiger partial charge is 0.339 e. The Bertz CT molecular complexity index is 513. The lowest BCUT2D eigenvalue weighted by molar-refractivity contribution is 0.265. The van der Waals surface area contributed by atoms with E-state index in [0.29, 0.717) is 6.61 Å². The maximum Gasteiger partial charge on any atom is 0.339 e. The number of benzene rings is 1. The Hall–Kier alpha value is -0.430. The highest BCUT2D eigenvalue weighted by Crippen LogP contribution is 2.50. The minimum absolute atomic E-state index is 0.0272. The van der Waals surface area contributed by atoms with Gasteiger partial charge in [-0.1, -0.05) is 28.1 Å². The van der Waals surface area contributed by atoms with E-state index < -0.39 is 10.3 Å². The topological polar surface area (TPSA) is 46.4 Å². The van der Waals surface area contributed by atoms with Crippen molar-refractivity contribution in [3.8, 4) is 0 Å². The van der Waals surface area contributed by atoms with Crippen molar-refractivity contribution in [2.45, 2.75) is 18.5 Å². The molecule has 0 saturated carbocycles. The van der Waals surface area contributed by atoms with Crippen LogP contribution in [0.25, 0.3) is 0 Å². The molecule has 0 aliphatic carbocycles. The Morgan fingerprint density at radius 3 is 2.62 bits per heavy atom. The molecule has 2 fully saturated rings. The number of hydrogen-bond acceptors (Lipinski definition) is 3. The number of hydrogen-bond donors (Lipinski definition) is 0. The zero-order valence-electron chi connectivity index (χ0n) is 8.34. The van der Waals surface area contributed by atoms with E-state index in [1.807, 2.05) is 24.3 Å². The third-order valence-electron chi connectivity index (χ3n) is 2.99. The molecule has 86 valence electrons. The Labute approximate surface area is 103 Å². The van der Waals surface area contributed by atoms with E-state index in [1.54, 1.807) is 0 Å². The van der Waals surface area contributed by atoms with Gasteiger partial charge in [0.15, 0.2) is 0 Å². The van der Waals surface area contributed by atoms with E-state index in [9.17, 15) is 8.42 Å². The summed E-state index contributed by atoms with van der Waals surface area (Å²) in [6.45, 7) is 0.302. The molecule has 0 radical (unpaired) electrons. The second kappa shape index (κ2) is 3.53. The van der Waals surface area contributed by atoms with Crippen LogP contribution in [0.1, 0.15) is 18.0 Å². The van der Waals surface area contributed by atoms with E-state index in [1.165, 1.54) is 4.31 Å². The minimum Gasteiger partial charge on any atom is -0.258 e.